The highest BCUT2D eigenvalue weighted by atomic mass is 19.1. The highest BCUT2D eigenvalue weighted by Gasteiger charge is 2.44. The van der Waals surface area contributed by atoms with Gasteiger partial charge in [-0.05, 0) is 68.7 Å². The van der Waals surface area contributed by atoms with Gasteiger partial charge in [-0.25, -0.2) is 4.39 Å². The third kappa shape index (κ3) is 3.13. The van der Waals surface area contributed by atoms with E-state index in [-0.39, 0.29) is 23.1 Å². The third-order valence-corrected chi connectivity index (χ3v) is 6.73. The number of phenolic OH excluding ortho intramolecular Hbond substituents is 1. The highest BCUT2D eigenvalue weighted by molar-refractivity contribution is 5.85. The van der Waals surface area contributed by atoms with E-state index >= 15 is 0 Å². The van der Waals surface area contributed by atoms with E-state index < -0.39 is 6.17 Å². The molecule has 5 rings (SSSR count). The number of aromatic nitrogens is 2. The zero-order valence-electron chi connectivity index (χ0n) is 17.0. The molecule has 2 fully saturated rings. The summed E-state index contributed by atoms with van der Waals surface area (Å²) in [5.74, 6) is 1.80. The number of halogens is 1. The number of alkyl halides is 1. The zero-order valence-corrected chi connectivity index (χ0v) is 17.0. The Kier molecular flexibility index (Phi) is 4.49. The van der Waals surface area contributed by atoms with Crippen molar-refractivity contribution in [1.82, 2.24) is 10.2 Å². The summed E-state index contributed by atoms with van der Waals surface area (Å²) in [6.07, 6.45) is 3.12. The first-order chi connectivity index (χ1) is 14.4. The van der Waals surface area contributed by atoms with Gasteiger partial charge in [0.15, 0.2) is 11.2 Å². The molecule has 156 valence electrons. The predicted octanol–water partition coefficient (Wildman–Crippen LogP) is 4.23. The third-order valence-electron chi connectivity index (χ3n) is 6.73. The van der Waals surface area contributed by atoms with Gasteiger partial charge in [-0.15, -0.1) is 10.2 Å². The Morgan fingerprint density at radius 2 is 2.00 bits per heavy atom. The molecule has 0 saturated heterocycles. The zero-order chi connectivity index (χ0) is 21.0. The molecule has 6 nitrogen and oxygen atoms in total. The van der Waals surface area contributed by atoms with E-state index in [1.807, 2.05) is 11.9 Å². The standard InChI is InChI=1S/C23H24FN3O3/c1-12-7-19(28)16-10-20(29)15(11-21(16)30-12)17-5-6-22(26-25-17)27(2)18-9-13-3-4-14(8-13)23(18)24/h5-7,10-11,13-14,18,23,29H,3-4,8-9H2,1-2H3/t13-,14+,18+,23-/m1/s1. The lowest BCUT2D eigenvalue weighted by atomic mass is 9.83. The van der Waals surface area contributed by atoms with Crippen molar-refractivity contribution in [1.29, 1.82) is 0 Å². The molecular weight excluding hydrogens is 385 g/mol. The minimum Gasteiger partial charge on any atom is -0.507 e. The van der Waals surface area contributed by atoms with Crippen molar-refractivity contribution >= 4 is 16.8 Å². The maximum Gasteiger partial charge on any atom is 0.193 e. The average molecular weight is 409 g/mol. The first-order valence-corrected chi connectivity index (χ1v) is 10.4. The summed E-state index contributed by atoms with van der Waals surface area (Å²) in [7, 11) is 1.87. The van der Waals surface area contributed by atoms with E-state index in [4.69, 9.17) is 4.42 Å². The van der Waals surface area contributed by atoms with Crippen LogP contribution in [0.15, 0.2) is 39.5 Å². The maximum atomic E-state index is 14.9. The van der Waals surface area contributed by atoms with Gasteiger partial charge in [0, 0.05) is 18.7 Å². The van der Waals surface area contributed by atoms with Gasteiger partial charge in [0.05, 0.1) is 17.1 Å². The second kappa shape index (κ2) is 7.07. The summed E-state index contributed by atoms with van der Waals surface area (Å²) >= 11 is 0. The number of hydrogen-bond acceptors (Lipinski definition) is 6. The normalized spacial score (nSPS) is 25.6. The van der Waals surface area contributed by atoms with Crippen LogP contribution in [0, 0.1) is 18.8 Å². The smallest absolute Gasteiger partial charge is 0.193 e. The minimum absolute atomic E-state index is 0.0678. The van der Waals surface area contributed by atoms with Crippen LogP contribution >= 0.6 is 0 Å². The maximum absolute atomic E-state index is 14.9. The van der Waals surface area contributed by atoms with E-state index in [1.165, 1.54) is 12.1 Å². The van der Waals surface area contributed by atoms with Crippen LogP contribution in [-0.4, -0.2) is 34.6 Å². The van der Waals surface area contributed by atoms with Crippen LogP contribution in [0.5, 0.6) is 5.75 Å². The van der Waals surface area contributed by atoms with Gasteiger partial charge >= 0.3 is 0 Å². The van der Waals surface area contributed by atoms with E-state index in [2.05, 4.69) is 10.2 Å². The van der Waals surface area contributed by atoms with Crippen LogP contribution in [0.4, 0.5) is 10.2 Å². The molecule has 2 aromatic heterocycles. The van der Waals surface area contributed by atoms with Crippen LogP contribution in [0.25, 0.3) is 22.2 Å². The molecule has 7 heteroatoms. The molecule has 0 radical (unpaired) electrons. The SMILES string of the molecule is Cc1cc(=O)c2cc(O)c(-c3ccc(N(C)[C@H]4C[C@@H]5CC[C@@H](C5)[C@H]4F)nn3)cc2o1. The Balaban J connectivity index is 1.45. The molecule has 2 aliphatic rings. The lowest BCUT2D eigenvalue weighted by Gasteiger charge is -2.38. The summed E-state index contributed by atoms with van der Waals surface area (Å²) in [6.45, 7) is 1.70. The van der Waals surface area contributed by atoms with Gasteiger partial charge in [-0.1, -0.05) is 0 Å². The van der Waals surface area contributed by atoms with Crippen LogP contribution in [0.1, 0.15) is 31.4 Å². The molecule has 2 bridgehead atoms. The largest absolute Gasteiger partial charge is 0.507 e. The Bertz CT molecular complexity index is 1160. The number of hydrogen-bond donors (Lipinski definition) is 1. The molecule has 0 amide bonds. The van der Waals surface area contributed by atoms with Gasteiger partial charge in [-0.2, -0.15) is 0 Å². The van der Waals surface area contributed by atoms with Gasteiger partial charge in [0.25, 0.3) is 0 Å². The summed E-state index contributed by atoms with van der Waals surface area (Å²) in [5.41, 5.74) is 1.06. The van der Waals surface area contributed by atoms with E-state index in [9.17, 15) is 14.3 Å². The van der Waals surface area contributed by atoms with Crippen molar-refractivity contribution in [3.05, 3.63) is 46.3 Å². The number of phenols is 1. The molecule has 30 heavy (non-hydrogen) atoms. The number of aryl methyl sites for hydroxylation is 1. The number of nitrogens with zero attached hydrogens (tertiary/aromatic N) is 3. The molecular formula is C23H24FN3O3. The molecule has 3 aromatic rings. The van der Waals surface area contributed by atoms with Crippen molar-refractivity contribution in [2.24, 2.45) is 11.8 Å². The number of anilines is 1. The van der Waals surface area contributed by atoms with E-state index in [0.29, 0.717) is 39.7 Å². The molecule has 2 aliphatic carbocycles. The summed E-state index contributed by atoms with van der Waals surface area (Å²) in [4.78, 5) is 14.0. The van der Waals surface area contributed by atoms with E-state index in [0.717, 1.165) is 25.7 Å². The monoisotopic (exact) mass is 409 g/mol. The Morgan fingerprint density at radius 3 is 2.77 bits per heavy atom. The fourth-order valence-corrected chi connectivity index (χ4v) is 5.12. The topological polar surface area (TPSA) is 79.5 Å². The van der Waals surface area contributed by atoms with Gasteiger partial charge in [-0.3, -0.25) is 4.79 Å². The molecule has 0 spiro atoms. The first kappa shape index (κ1) is 19.0. The summed E-state index contributed by atoms with van der Waals surface area (Å²) in [6, 6.07) is 7.75. The van der Waals surface area contributed by atoms with Crippen molar-refractivity contribution in [2.75, 3.05) is 11.9 Å². The van der Waals surface area contributed by atoms with Gasteiger partial charge < -0.3 is 14.4 Å². The summed E-state index contributed by atoms with van der Waals surface area (Å²) < 4.78 is 20.6. The molecule has 2 saturated carbocycles. The Morgan fingerprint density at radius 1 is 1.17 bits per heavy atom. The fourth-order valence-electron chi connectivity index (χ4n) is 5.12. The molecule has 4 atom stereocenters. The van der Waals surface area contributed by atoms with Crippen molar-refractivity contribution < 1.29 is 13.9 Å². The first-order valence-electron chi connectivity index (χ1n) is 10.4. The second-order valence-electron chi connectivity index (χ2n) is 8.66. The minimum atomic E-state index is -0.842. The Hall–Kier alpha value is -2.96. The quantitative estimate of drug-likeness (QED) is 0.698. The number of benzene rings is 1. The Labute approximate surface area is 173 Å². The number of rotatable bonds is 3. The van der Waals surface area contributed by atoms with E-state index in [1.54, 1.807) is 25.1 Å². The molecule has 0 unspecified atom stereocenters. The lowest BCUT2D eigenvalue weighted by Crippen LogP contribution is -2.46. The number of fused-ring (bicyclic) bond motifs is 3. The lowest BCUT2D eigenvalue weighted by molar-refractivity contribution is 0.144. The second-order valence-corrected chi connectivity index (χ2v) is 8.66. The van der Waals surface area contributed by atoms with Crippen molar-refractivity contribution in [2.45, 2.75) is 44.8 Å². The van der Waals surface area contributed by atoms with Crippen LogP contribution in [-0.2, 0) is 0 Å². The molecule has 0 aliphatic heterocycles. The van der Waals surface area contributed by atoms with Crippen LogP contribution in [0.2, 0.25) is 0 Å². The number of aromatic hydroxyl groups is 1. The fraction of sp³-hybridized carbons (Fsp3) is 0.435. The van der Waals surface area contributed by atoms with Crippen molar-refractivity contribution in [3.63, 3.8) is 0 Å². The van der Waals surface area contributed by atoms with Gasteiger partial charge in [0.2, 0.25) is 0 Å². The summed E-state index contributed by atoms with van der Waals surface area (Å²) in [5, 5.41) is 19.3. The van der Waals surface area contributed by atoms with Crippen molar-refractivity contribution in [3.8, 4) is 17.0 Å². The average Bonchev–Trinajstić information content (AvgIpc) is 3.14. The highest BCUT2D eigenvalue weighted by Crippen LogP contribution is 2.45. The predicted molar refractivity (Wildman–Crippen MR) is 112 cm³/mol. The van der Waals surface area contributed by atoms with Crippen LogP contribution in [0.3, 0.4) is 0 Å². The molecule has 1 aromatic carbocycles. The van der Waals surface area contributed by atoms with Crippen LogP contribution < -0.4 is 10.3 Å². The molecule has 1 N–H and O–H groups in total. The van der Waals surface area contributed by atoms with Gasteiger partial charge in [0.1, 0.15) is 23.3 Å². The molecule has 2 heterocycles.